The van der Waals surface area contributed by atoms with Gasteiger partial charge in [-0.25, -0.2) is 4.98 Å². The standard InChI is InChI=1S/C14H13NOS2/c16-10(8-11-4-3-7-17-11)9-14-15-12-5-1-2-6-13(12)18-14/h1-7,10,16H,8-9H2. The molecule has 0 bridgehead atoms. The molecular formula is C14H13NOS2. The highest BCUT2D eigenvalue weighted by molar-refractivity contribution is 7.18. The highest BCUT2D eigenvalue weighted by Gasteiger charge is 2.11. The van der Waals surface area contributed by atoms with E-state index >= 15 is 0 Å². The van der Waals surface area contributed by atoms with Crippen molar-refractivity contribution in [3.8, 4) is 0 Å². The van der Waals surface area contributed by atoms with Crippen LogP contribution in [0.15, 0.2) is 41.8 Å². The van der Waals surface area contributed by atoms with Crippen LogP contribution >= 0.6 is 22.7 Å². The minimum atomic E-state index is -0.343. The largest absolute Gasteiger partial charge is 0.392 e. The fraction of sp³-hybridized carbons (Fsp3) is 0.214. The van der Waals surface area contributed by atoms with Crippen molar-refractivity contribution >= 4 is 32.9 Å². The lowest BCUT2D eigenvalue weighted by molar-refractivity contribution is 0.176. The average molecular weight is 275 g/mol. The molecule has 2 aromatic heterocycles. The topological polar surface area (TPSA) is 33.1 Å². The number of aromatic nitrogens is 1. The molecule has 0 spiro atoms. The molecule has 0 aliphatic heterocycles. The summed E-state index contributed by atoms with van der Waals surface area (Å²) in [5.74, 6) is 0. The zero-order valence-electron chi connectivity index (χ0n) is 9.74. The second-order valence-electron chi connectivity index (χ2n) is 4.22. The molecule has 1 unspecified atom stereocenters. The summed E-state index contributed by atoms with van der Waals surface area (Å²) in [6.45, 7) is 0. The van der Waals surface area contributed by atoms with Gasteiger partial charge in [0.1, 0.15) is 0 Å². The first-order valence-electron chi connectivity index (χ1n) is 5.86. The summed E-state index contributed by atoms with van der Waals surface area (Å²) in [6, 6.07) is 12.2. The number of aliphatic hydroxyl groups is 1. The molecule has 92 valence electrons. The molecule has 1 N–H and O–H groups in total. The molecule has 1 atom stereocenters. The quantitative estimate of drug-likeness (QED) is 0.790. The Bertz CT molecular complexity index is 597. The average Bonchev–Trinajstić information content (AvgIpc) is 2.96. The van der Waals surface area contributed by atoms with E-state index in [-0.39, 0.29) is 6.10 Å². The van der Waals surface area contributed by atoms with Crippen LogP contribution in [0.25, 0.3) is 10.2 Å². The summed E-state index contributed by atoms with van der Waals surface area (Å²) in [4.78, 5) is 5.77. The number of nitrogens with zero attached hydrogens (tertiary/aromatic N) is 1. The van der Waals surface area contributed by atoms with Gasteiger partial charge in [-0.05, 0) is 23.6 Å². The van der Waals surface area contributed by atoms with Gasteiger partial charge in [0.05, 0.1) is 21.3 Å². The summed E-state index contributed by atoms with van der Waals surface area (Å²) in [7, 11) is 0. The fourth-order valence-electron chi connectivity index (χ4n) is 1.94. The number of para-hydroxylation sites is 1. The summed E-state index contributed by atoms with van der Waals surface area (Å²) >= 11 is 3.36. The Morgan fingerprint density at radius 2 is 2.00 bits per heavy atom. The molecule has 0 amide bonds. The van der Waals surface area contributed by atoms with Gasteiger partial charge in [-0.15, -0.1) is 22.7 Å². The van der Waals surface area contributed by atoms with Crippen LogP contribution in [0.1, 0.15) is 9.88 Å². The van der Waals surface area contributed by atoms with E-state index in [0.717, 1.165) is 10.5 Å². The fourth-order valence-corrected chi connectivity index (χ4v) is 3.76. The minimum Gasteiger partial charge on any atom is -0.392 e. The lowest BCUT2D eigenvalue weighted by Gasteiger charge is -2.06. The maximum Gasteiger partial charge on any atom is 0.0964 e. The Balaban J connectivity index is 1.71. The lowest BCUT2D eigenvalue weighted by atomic mass is 10.2. The van der Waals surface area contributed by atoms with Gasteiger partial charge in [-0.3, -0.25) is 0 Å². The Labute approximate surface area is 114 Å². The molecule has 0 radical (unpaired) electrons. The van der Waals surface area contributed by atoms with Gasteiger partial charge in [0.25, 0.3) is 0 Å². The predicted octanol–water partition coefficient (Wildman–Crippen LogP) is 3.50. The van der Waals surface area contributed by atoms with E-state index in [0.29, 0.717) is 12.8 Å². The van der Waals surface area contributed by atoms with E-state index in [1.54, 1.807) is 22.7 Å². The summed E-state index contributed by atoms with van der Waals surface area (Å²) < 4.78 is 1.19. The number of thiophene rings is 1. The molecule has 0 saturated heterocycles. The number of benzene rings is 1. The summed E-state index contributed by atoms with van der Waals surface area (Å²) in [6.07, 6.45) is 1.01. The summed E-state index contributed by atoms with van der Waals surface area (Å²) in [5, 5.41) is 13.1. The first kappa shape index (κ1) is 11.8. The van der Waals surface area contributed by atoms with Crippen LogP contribution in [-0.4, -0.2) is 16.2 Å². The van der Waals surface area contributed by atoms with Crippen LogP contribution < -0.4 is 0 Å². The van der Waals surface area contributed by atoms with E-state index in [1.165, 1.54) is 9.58 Å². The second kappa shape index (κ2) is 5.18. The van der Waals surface area contributed by atoms with Gasteiger partial charge in [0, 0.05) is 17.7 Å². The van der Waals surface area contributed by atoms with Crippen LogP contribution in [0.5, 0.6) is 0 Å². The molecule has 18 heavy (non-hydrogen) atoms. The van der Waals surface area contributed by atoms with Crippen LogP contribution in [0, 0.1) is 0 Å². The highest BCUT2D eigenvalue weighted by atomic mass is 32.1. The van der Waals surface area contributed by atoms with Crippen molar-refractivity contribution in [2.24, 2.45) is 0 Å². The zero-order chi connectivity index (χ0) is 12.4. The number of hydrogen-bond acceptors (Lipinski definition) is 4. The zero-order valence-corrected chi connectivity index (χ0v) is 11.4. The molecular weight excluding hydrogens is 262 g/mol. The van der Waals surface area contributed by atoms with Gasteiger partial charge < -0.3 is 5.11 Å². The van der Waals surface area contributed by atoms with Crippen LogP contribution in [0.3, 0.4) is 0 Å². The smallest absolute Gasteiger partial charge is 0.0964 e. The van der Waals surface area contributed by atoms with E-state index < -0.39 is 0 Å². The molecule has 3 rings (SSSR count). The van der Waals surface area contributed by atoms with Crippen molar-refractivity contribution in [1.29, 1.82) is 0 Å². The Kier molecular flexibility index (Phi) is 3.41. The maximum atomic E-state index is 10.1. The Hall–Kier alpha value is -1.23. The van der Waals surface area contributed by atoms with Crippen LogP contribution in [0.2, 0.25) is 0 Å². The van der Waals surface area contributed by atoms with Gasteiger partial charge in [0.15, 0.2) is 0 Å². The number of thiazole rings is 1. The number of fused-ring (bicyclic) bond motifs is 1. The van der Waals surface area contributed by atoms with Crippen LogP contribution in [0.4, 0.5) is 0 Å². The molecule has 2 nitrogen and oxygen atoms in total. The SMILES string of the molecule is OC(Cc1cccs1)Cc1nc2ccccc2s1. The molecule has 3 aromatic rings. The number of hydrogen-bond donors (Lipinski definition) is 1. The third-order valence-corrected chi connectivity index (χ3v) is 4.72. The van der Waals surface area contributed by atoms with E-state index in [4.69, 9.17) is 0 Å². The molecule has 4 heteroatoms. The molecule has 1 aromatic carbocycles. The molecule has 0 fully saturated rings. The Morgan fingerprint density at radius 3 is 2.78 bits per heavy atom. The van der Waals surface area contributed by atoms with Crippen molar-refractivity contribution in [2.75, 3.05) is 0 Å². The number of rotatable bonds is 4. The highest BCUT2D eigenvalue weighted by Crippen LogP contribution is 2.23. The molecule has 2 heterocycles. The van der Waals surface area contributed by atoms with Gasteiger partial charge in [0.2, 0.25) is 0 Å². The maximum absolute atomic E-state index is 10.1. The monoisotopic (exact) mass is 275 g/mol. The third kappa shape index (κ3) is 2.61. The second-order valence-corrected chi connectivity index (χ2v) is 6.36. The molecule has 0 aliphatic rings. The van der Waals surface area contributed by atoms with Crippen molar-refractivity contribution < 1.29 is 5.11 Å². The molecule has 0 aliphatic carbocycles. The number of aliphatic hydroxyl groups excluding tert-OH is 1. The van der Waals surface area contributed by atoms with Gasteiger partial charge >= 0.3 is 0 Å². The molecule has 0 saturated carbocycles. The van der Waals surface area contributed by atoms with Crippen LogP contribution in [-0.2, 0) is 12.8 Å². The van der Waals surface area contributed by atoms with Crippen molar-refractivity contribution in [3.05, 3.63) is 51.7 Å². The Morgan fingerprint density at radius 1 is 1.11 bits per heavy atom. The van der Waals surface area contributed by atoms with Gasteiger partial charge in [-0.1, -0.05) is 18.2 Å². The van der Waals surface area contributed by atoms with E-state index in [9.17, 15) is 5.11 Å². The predicted molar refractivity (Wildman–Crippen MR) is 77.4 cm³/mol. The third-order valence-electron chi connectivity index (χ3n) is 2.77. The lowest BCUT2D eigenvalue weighted by Crippen LogP contribution is -2.12. The van der Waals surface area contributed by atoms with Gasteiger partial charge in [-0.2, -0.15) is 0 Å². The van der Waals surface area contributed by atoms with Crippen molar-refractivity contribution in [2.45, 2.75) is 18.9 Å². The van der Waals surface area contributed by atoms with Crippen molar-refractivity contribution in [3.63, 3.8) is 0 Å². The van der Waals surface area contributed by atoms with E-state index in [1.807, 2.05) is 29.6 Å². The van der Waals surface area contributed by atoms with Crippen molar-refractivity contribution in [1.82, 2.24) is 4.98 Å². The first-order valence-corrected chi connectivity index (χ1v) is 7.56. The minimum absolute atomic E-state index is 0.343. The first-order chi connectivity index (χ1) is 8.81. The summed E-state index contributed by atoms with van der Waals surface area (Å²) in [5.41, 5.74) is 1.03. The normalized spacial score (nSPS) is 12.9. The van der Waals surface area contributed by atoms with E-state index in [2.05, 4.69) is 17.1 Å².